The van der Waals surface area contributed by atoms with E-state index in [4.69, 9.17) is 16.3 Å². The summed E-state index contributed by atoms with van der Waals surface area (Å²) in [7, 11) is -2.57. The molecule has 2 fully saturated rings. The number of fused-ring (bicyclic) bond motifs is 2. The molecule has 13 heteroatoms. The fourth-order valence-corrected chi connectivity index (χ4v) is 8.30. The maximum atomic E-state index is 13.7. The van der Waals surface area contributed by atoms with Crippen LogP contribution in [-0.2, 0) is 19.4 Å². The van der Waals surface area contributed by atoms with E-state index in [1.807, 2.05) is 0 Å². The summed E-state index contributed by atoms with van der Waals surface area (Å²) < 4.78 is 72.8. The second-order valence-electron chi connectivity index (χ2n) is 10.6. The highest BCUT2D eigenvalue weighted by Crippen LogP contribution is 2.53. The Morgan fingerprint density at radius 2 is 1.73 bits per heavy atom. The van der Waals surface area contributed by atoms with Crippen molar-refractivity contribution in [2.24, 2.45) is 11.8 Å². The molecule has 2 aliphatic rings. The van der Waals surface area contributed by atoms with Gasteiger partial charge in [-0.2, -0.15) is 0 Å². The van der Waals surface area contributed by atoms with Crippen LogP contribution in [-0.4, -0.2) is 55.9 Å². The highest BCUT2D eigenvalue weighted by Gasteiger charge is 2.56. The predicted molar refractivity (Wildman–Crippen MR) is 141 cm³/mol. The van der Waals surface area contributed by atoms with E-state index in [-0.39, 0.29) is 52.4 Å². The molecule has 1 unspecified atom stereocenters. The molecule has 0 aromatic heterocycles. The van der Waals surface area contributed by atoms with Crippen LogP contribution in [0.3, 0.4) is 0 Å². The summed E-state index contributed by atoms with van der Waals surface area (Å²) in [5, 5.41) is 15.4. The molecular weight excluding hydrogens is 573 g/mol. The predicted octanol–water partition coefficient (Wildman–Crippen LogP) is 4.24. The number of hydrogen-bond acceptors (Lipinski definition) is 6. The van der Waals surface area contributed by atoms with E-state index in [1.165, 1.54) is 19.2 Å². The van der Waals surface area contributed by atoms with E-state index in [9.17, 15) is 36.3 Å². The number of nitrogens with one attached hydrogen (secondary N) is 2. The van der Waals surface area contributed by atoms with Gasteiger partial charge in [0.1, 0.15) is 0 Å². The number of hydrogen-bond donors (Lipinski definition) is 3. The summed E-state index contributed by atoms with van der Waals surface area (Å²) in [6, 6.07) is 4.51. The number of rotatable bonds is 9. The van der Waals surface area contributed by atoms with Gasteiger partial charge in [0.05, 0.1) is 33.8 Å². The molecule has 2 aromatic carbocycles. The van der Waals surface area contributed by atoms with Gasteiger partial charge in [0.2, 0.25) is 5.91 Å². The average Bonchev–Trinajstić information content (AvgIpc) is 3.03. The number of aliphatic hydroxyl groups is 1. The molecule has 40 heavy (non-hydrogen) atoms. The third kappa shape index (κ3) is 6.00. The number of benzene rings is 2. The van der Waals surface area contributed by atoms with E-state index in [2.05, 4.69) is 10.6 Å². The smallest absolute Gasteiger partial charge is 0.255 e. The normalized spacial score (nSPS) is 24.9. The summed E-state index contributed by atoms with van der Waals surface area (Å²) >= 11 is 6.25. The van der Waals surface area contributed by atoms with Crippen molar-refractivity contribution in [3.05, 3.63) is 58.4 Å². The Hall–Kier alpha value is -2.67. The van der Waals surface area contributed by atoms with Gasteiger partial charge in [0, 0.05) is 36.5 Å². The summed E-state index contributed by atoms with van der Waals surface area (Å²) in [5.74, 6) is -6.76. The van der Waals surface area contributed by atoms with Crippen LogP contribution in [0.1, 0.15) is 49.4 Å². The van der Waals surface area contributed by atoms with Gasteiger partial charge in [-0.25, -0.2) is 21.6 Å². The van der Waals surface area contributed by atoms with E-state index in [0.717, 1.165) is 6.07 Å². The van der Waals surface area contributed by atoms with Gasteiger partial charge in [-0.1, -0.05) is 11.6 Å². The van der Waals surface area contributed by atoms with Crippen LogP contribution in [0.5, 0.6) is 0 Å². The maximum Gasteiger partial charge on any atom is 0.255 e. The minimum Gasteiger partial charge on any atom is -0.389 e. The van der Waals surface area contributed by atoms with Crippen molar-refractivity contribution in [3.8, 4) is 0 Å². The van der Waals surface area contributed by atoms with Crippen LogP contribution >= 0.6 is 11.6 Å². The highest BCUT2D eigenvalue weighted by atomic mass is 35.5. The van der Waals surface area contributed by atoms with Crippen LogP contribution in [0.2, 0.25) is 5.02 Å². The fourth-order valence-electron chi connectivity index (χ4n) is 5.90. The fraction of sp³-hybridized carbons (Fsp3) is 0.481. The Morgan fingerprint density at radius 3 is 2.30 bits per heavy atom. The van der Waals surface area contributed by atoms with E-state index in [1.54, 1.807) is 6.92 Å². The van der Waals surface area contributed by atoms with Crippen LogP contribution in [0.4, 0.5) is 18.9 Å². The van der Waals surface area contributed by atoms with Crippen molar-refractivity contribution >= 4 is 38.9 Å². The molecular formula is C27H30ClF3N2O6S. The minimum atomic E-state index is -4.08. The van der Waals surface area contributed by atoms with Crippen LogP contribution in [0.15, 0.2) is 35.2 Å². The lowest BCUT2D eigenvalue weighted by atomic mass is 9.72. The zero-order valence-electron chi connectivity index (χ0n) is 21.8. The Labute approximate surface area is 235 Å². The summed E-state index contributed by atoms with van der Waals surface area (Å²) in [6.45, 7) is 2.09. The molecule has 2 amide bonds. The number of amides is 2. The van der Waals surface area contributed by atoms with Crippen LogP contribution in [0.25, 0.3) is 0 Å². The van der Waals surface area contributed by atoms with E-state index in [0.29, 0.717) is 31.6 Å². The summed E-state index contributed by atoms with van der Waals surface area (Å²) in [4.78, 5) is 25.0. The number of ether oxygens (including phenoxy) is 1. The molecule has 0 spiro atoms. The van der Waals surface area contributed by atoms with Crippen LogP contribution in [0, 0.1) is 29.3 Å². The standard InChI is InChI=1S/C27H30ClF3N2O6S/c1-14(13-39-2)32-24(34)12-27(36)16-4-5-17(27)9-19(8-16)40(37,38)23-7-15(3-6-20(23)28)26(35)33-18-10-21(29)25(31)22(30)11-18/h3,6-7,10-11,14,16-17,19,36H,4-5,8-9,12-13H2,1-2H3,(H,32,34)(H,33,35)/t14-,16+,17?,19+,27+/m1/s1. The number of anilines is 1. The van der Waals surface area contributed by atoms with Crippen molar-refractivity contribution in [2.75, 3.05) is 19.0 Å². The molecule has 8 nitrogen and oxygen atoms in total. The third-order valence-electron chi connectivity index (χ3n) is 7.82. The monoisotopic (exact) mass is 602 g/mol. The number of halogens is 4. The molecule has 2 saturated carbocycles. The van der Waals surface area contributed by atoms with Gasteiger partial charge in [0.25, 0.3) is 5.91 Å². The first-order valence-electron chi connectivity index (χ1n) is 12.8. The van der Waals surface area contributed by atoms with Crippen molar-refractivity contribution in [3.63, 3.8) is 0 Å². The lowest BCUT2D eigenvalue weighted by Gasteiger charge is -2.42. The first kappa shape index (κ1) is 30.3. The maximum absolute atomic E-state index is 13.7. The second-order valence-corrected chi connectivity index (χ2v) is 13.2. The highest BCUT2D eigenvalue weighted by molar-refractivity contribution is 7.92. The summed E-state index contributed by atoms with van der Waals surface area (Å²) in [5.41, 5.74) is -1.84. The van der Waals surface area contributed by atoms with E-state index < -0.39 is 55.9 Å². The summed E-state index contributed by atoms with van der Waals surface area (Å²) in [6.07, 6.45) is 1.20. The number of carbonyl (C=O) groups is 2. The first-order valence-corrected chi connectivity index (χ1v) is 14.7. The molecule has 218 valence electrons. The van der Waals surface area contributed by atoms with Gasteiger partial charge in [-0.3, -0.25) is 9.59 Å². The molecule has 3 N–H and O–H groups in total. The lowest BCUT2D eigenvalue weighted by molar-refractivity contribution is -0.133. The van der Waals surface area contributed by atoms with Crippen molar-refractivity contribution in [1.82, 2.24) is 5.32 Å². The molecule has 2 aliphatic carbocycles. The van der Waals surface area contributed by atoms with Crippen LogP contribution < -0.4 is 10.6 Å². The van der Waals surface area contributed by atoms with Crippen molar-refractivity contribution < 1.29 is 41.0 Å². The van der Waals surface area contributed by atoms with Gasteiger partial charge in [-0.15, -0.1) is 0 Å². The molecule has 4 rings (SSSR count). The molecule has 5 atom stereocenters. The van der Waals surface area contributed by atoms with Gasteiger partial charge in [0.15, 0.2) is 27.3 Å². The number of sulfone groups is 1. The number of methoxy groups -OCH3 is 1. The number of carbonyl (C=O) groups excluding carboxylic acids is 2. The third-order valence-corrected chi connectivity index (χ3v) is 10.5. The van der Waals surface area contributed by atoms with Gasteiger partial charge >= 0.3 is 0 Å². The molecule has 2 aromatic rings. The molecule has 0 saturated heterocycles. The first-order chi connectivity index (χ1) is 18.8. The minimum absolute atomic E-state index is 0.108. The largest absolute Gasteiger partial charge is 0.389 e. The Kier molecular flexibility index (Phi) is 8.84. The van der Waals surface area contributed by atoms with Gasteiger partial charge < -0.3 is 20.5 Å². The van der Waals surface area contributed by atoms with Gasteiger partial charge in [-0.05, 0) is 62.6 Å². The Morgan fingerprint density at radius 1 is 1.12 bits per heavy atom. The van der Waals surface area contributed by atoms with Crippen molar-refractivity contribution in [2.45, 2.75) is 60.8 Å². The quantitative estimate of drug-likeness (QED) is 0.369. The van der Waals surface area contributed by atoms with E-state index >= 15 is 0 Å². The zero-order chi connectivity index (χ0) is 29.4. The average molecular weight is 603 g/mol. The molecule has 0 aliphatic heterocycles. The molecule has 0 radical (unpaired) electrons. The topological polar surface area (TPSA) is 122 Å². The Balaban J connectivity index is 1.51. The Bertz CT molecular complexity index is 1390. The molecule has 0 heterocycles. The zero-order valence-corrected chi connectivity index (χ0v) is 23.4. The second kappa shape index (κ2) is 11.7. The van der Waals surface area contributed by atoms with Crippen molar-refractivity contribution in [1.29, 1.82) is 0 Å². The lowest BCUT2D eigenvalue weighted by Crippen LogP contribution is -2.51. The SMILES string of the molecule is COC[C@@H](C)NC(=O)C[C@@]1(O)C2CC[C@H]1C[C@H](S(=O)(=O)c1cc(C(=O)Nc3cc(F)c(F)c(F)c3)ccc1Cl)C2. The molecule has 2 bridgehead atoms.